The summed E-state index contributed by atoms with van der Waals surface area (Å²) in [6.07, 6.45) is 3.62. The van der Waals surface area contributed by atoms with E-state index in [2.05, 4.69) is 15.1 Å². The predicted molar refractivity (Wildman–Crippen MR) is 56.5 cm³/mol. The van der Waals surface area contributed by atoms with Crippen molar-refractivity contribution in [1.29, 1.82) is 0 Å². The predicted octanol–water partition coefficient (Wildman–Crippen LogP) is -0.0475. The van der Waals surface area contributed by atoms with Crippen LogP contribution in [0, 0.1) is 0 Å². The molecule has 0 spiro atoms. The first-order valence-electron chi connectivity index (χ1n) is 5.38. The van der Waals surface area contributed by atoms with Gasteiger partial charge in [-0.1, -0.05) is 0 Å². The van der Waals surface area contributed by atoms with Crippen LogP contribution in [0.25, 0.3) is 0 Å². The molecule has 1 aliphatic heterocycles. The summed E-state index contributed by atoms with van der Waals surface area (Å²) < 4.78 is 4.79. The average molecular weight is 224 g/mol. The van der Waals surface area contributed by atoms with E-state index in [1.807, 2.05) is 0 Å². The lowest BCUT2D eigenvalue weighted by Crippen LogP contribution is -2.36. The lowest BCUT2D eigenvalue weighted by Gasteiger charge is -2.20. The molecule has 88 valence electrons. The highest BCUT2D eigenvalue weighted by atomic mass is 16.5. The number of hydrogen-bond donors (Lipinski definition) is 0. The van der Waals surface area contributed by atoms with Gasteiger partial charge in [0.1, 0.15) is 6.04 Å². The molecule has 1 unspecified atom stereocenters. The van der Waals surface area contributed by atoms with Gasteiger partial charge in [0.25, 0.3) is 0 Å². The van der Waals surface area contributed by atoms with Crippen molar-refractivity contribution in [2.24, 2.45) is 7.05 Å². The van der Waals surface area contributed by atoms with Crippen LogP contribution < -0.4 is 0 Å². The van der Waals surface area contributed by atoms with E-state index in [1.165, 1.54) is 11.9 Å². The molecule has 1 aromatic heterocycles. The molecule has 0 saturated carbocycles. The Morgan fingerprint density at radius 3 is 3.12 bits per heavy atom. The number of aryl methyl sites for hydroxylation is 1. The van der Waals surface area contributed by atoms with Gasteiger partial charge in [-0.05, 0) is 19.4 Å². The smallest absolute Gasteiger partial charge is 0.323 e. The summed E-state index contributed by atoms with van der Waals surface area (Å²) in [5, 5.41) is 8.22. The quantitative estimate of drug-likeness (QED) is 0.674. The number of aromatic nitrogens is 3. The fraction of sp³-hybridized carbons (Fsp3) is 0.700. The van der Waals surface area contributed by atoms with Gasteiger partial charge in [-0.25, -0.2) is 0 Å². The van der Waals surface area contributed by atoms with Crippen LogP contribution in [0.2, 0.25) is 0 Å². The van der Waals surface area contributed by atoms with Gasteiger partial charge in [0.2, 0.25) is 0 Å². The van der Waals surface area contributed by atoms with Gasteiger partial charge in [-0.3, -0.25) is 9.69 Å². The molecule has 0 radical (unpaired) electrons. The average Bonchev–Trinajstić information content (AvgIpc) is 2.87. The highest BCUT2D eigenvalue weighted by molar-refractivity contribution is 5.75. The molecule has 2 rings (SSSR count). The van der Waals surface area contributed by atoms with Crippen molar-refractivity contribution in [1.82, 2.24) is 19.9 Å². The highest BCUT2D eigenvalue weighted by Crippen LogP contribution is 2.20. The minimum absolute atomic E-state index is 0.119. The Labute approximate surface area is 94.2 Å². The summed E-state index contributed by atoms with van der Waals surface area (Å²) in [5.41, 5.74) is 0.887. The molecule has 0 amide bonds. The lowest BCUT2D eigenvalue weighted by atomic mass is 10.2. The molecule has 1 aromatic rings. The van der Waals surface area contributed by atoms with Crippen molar-refractivity contribution < 1.29 is 9.53 Å². The molecule has 0 N–H and O–H groups in total. The molecule has 1 aliphatic rings. The Hall–Kier alpha value is -1.43. The van der Waals surface area contributed by atoms with Crippen molar-refractivity contribution in [3.05, 3.63) is 11.9 Å². The molecular weight excluding hydrogens is 208 g/mol. The minimum atomic E-state index is -0.151. The van der Waals surface area contributed by atoms with Gasteiger partial charge in [-0.2, -0.15) is 15.0 Å². The van der Waals surface area contributed by atoms with Crippen LogP contribution in [0.3, 0.4) is 0 Å². The van der Waals surface area contributed by atoms with Crippen molar-refractivity contribution in [2.45, 2.75) is 25.4 Å². The first-order chi connectivity index (χ1) is 7.70. The van der Waals surface area contributed by atoms with Crippen LogP contribution in [0.15, 0.2) is 6.20 Å². The first kappa shape index (κ1) is 11.1. The number of likely N-dealkylation sites (tertiary alicyclic amines) is 1. The number of carbonyl (C=O) groups is 1. The maximum Gasteiger partial charge on any atom is 0.323 e. The van der Waals surface area contributed by atoms with E-state index in [4.69, 9.17) is 4.74 Å². The summed E-state index contributed by atoms with van der Waals surface area (Å²) >= 11 is 0. The Morgan fingerprint density at radius 1 is 1.69 bits per heavy atom. The molecule has 0 aromatic carbocycles. The second-order valence-corrected chi connectivity index (χ2v) is 3.98. The second kappa shape index (κ2) is 4.61. The number of esters is 1. The normalized spacial score (nSPS) is 21.2. The van der Waals surface area contributed by atoms with E-state index in [0.29, 0.717) is 6.54 Å². The van der Waals surface area contributed by atoms with Crippen LogP contribution >= 0.6 is 0 Å². The van der Waals surface area contributed by atoms with Crippen molar-refractivity contribution in [3.63, 3.8) is 0 Å². The molecule has 1 atom stereocenters. The van der Waals surface area contributed by atoms with Gasteiger partial charge in [0, 0.05) is 13.6 Å². The summed E-state index contributed by atoms with van der Waals surface area (Å²) in [6, 6.07) is -0.119. The Bertz CT molecular complexity index is 377. The number of carbonyl (C=O) groups excluding carboxylic acids is 1. The zero-order valence-corrected chi connectivity index (χ0v) is 9.59. The summed E-state index contributed by atoms with van der Waals surface area (Å²) in [6.45, 7) is 1.57. The first-order valence-corrected chi connectivity index (χ1v) is 5.38. The van der Waals surface area contributed by atoms with E-state index in [-0.39, 0.29) is 12.0 Å². The van der Waals surface area contributed by atoms with Gasteiger partial charge in [0.15, 0.2) is 0 Å². The largest absolute Gasteiger partial charge is 0.468 e. The number of methoxy groups -OCH3 is 1. The Balaban J connectivity index is 2.01. The fourth-order valence-electron chi connectivity index (χ4n) is 2.09. The highest BCUT2D eigenvalue weighted by Gasteiger charge is 2.31. The van der Waals surface area contributed by atoms with Crippen molar-refractivity contribution in [2.75, 3.05) is 13.7 Å². The van der Waals surface area contributed by atoms with E-state index in [0.717, 1.165) is 25.1 Å². The minimum Gasteiger partial charge on any atom is -0.468 e. The standard InChI is InChI=1S/C10H16N4O2/c1-13-11-6-8(12-13)7-14-5-3-4-9(14)10(15)16-2/h6,9H,3-5,7H2,1-2H3. The zero-order valence-electron chi connectivity index (χ0n) is 9.59. The van der Waals surface area contributed by atoms with Gasteiger partial charge < -0.3 is 4.74 Å². The molecule has 6 nitrogen and oxygen atoms in total. The maximum atomic E-state index is 11.5. The molecule has 0 aliphatic carbocycles. The lowest BCUT2D eigenvalue weighted by molar-refractivity contribution is -0.146. The van der Waals surface area contributed by atoms with Gasteiger partial charge in [0.05, 0.1) is 19.0 Å². The summed E-state index contributed by atoms with van der Waals surface area (Å²) in [7, 11) is 3.21. The topological polar surface area (TPSA) is 60.2 Å². The van der Waals surface area contributed by atoms with Gasteiger partial charge in [-0.15, -0.1) is 0 Å². The van der Waals surface area contributed by atoms with Crippen LogP contribution in [0.4, 0.5) is 0 Å². The number of ether oxygens (including phenoxy) is 1. The third-order valence-corrected chi connectivity index (χ3v) is 2.85. The number of hydrogen-bond acceptors (Lipinski definition) is 5. The molecule has 1 fully saturated rings. The maximum absolute atomic E-state index is 11.5. The summed E-state index contributed by atoms with van der Waals surface area (Å²) in [5.74, 6) is -0.151. The van der Waals surface area contributed by atoms with Crippen LogP contribution in [-0.4, -0.2) is 45.6 Å². The van der Waals surface area contributed by atoms with E-state index < -0.39 is 0 Å². The zero-order chi connectivity index (χ0) is 11.5. The monoisotopic (exact) mass is 224 g/mol. The molecular formula is C10H16N4O2. The molecule has 1 saturated heterocycles. The second-order valence-electron chi connectivity index (χ2n) is 3.98. The van der Waals surface area contributed by atoms with E-state index in [9.17, 15) is 4.79 Å². The van der Waals surface area contributed by atoms with Crippen LogP contribution in [0.1, 0.15) is 18.5 Å². The van der Waals surface area contributed by atoms with Crippen molar-refractivity contribution >= 4 is 5.97 Å². The third-order valence-electron chi connectivity index (χ3n) is 2.85. The Kier molecular flexibility index (Phi) is 3.19. The van der Waals surface area contributed by atoms with Gasteiger partial charge >= 0.3 is 5.97 Å². The Morgan fingerprint density at radius 2 is 2.50 bits per heavy atom. The van der Waals surface area contributed by atoms with Crippen LogP contribution in [-0.2, 0) is 23.1 Å². The number of nitrogens with zero attached hydrogens (tertiary/aromatic N) is 4. The van der Waals surface area contributed by atoms with Crippen LogP contribution in [0.5, 0.6) is 0 Å². The SMILES string of the molecule is COC(=O)C1CCCN1Cc1cnn(C)n1. The number of rotatable bonds is 3. The molecule has 2 heterocycles. The molecule has 16 heavy (non-hydrogen) atoms. The third kappa shape index (κ3) is 2.21. The molecule has 0 bridgehead atoms. The van der Waals surface area contributed by atoms with E-state index in [1.54, 1.807) is 13.2 Å². The summed E-state index contributed by atoms with van der Waals surface area (Å²) in [4.78, 5) is 15.1. The molecule has 6 heteroatoms. The fourth-order valence-corrected chi connectivity index (χ4v) is 2.09. The van der Waals surface area contributed by atoms with E-state index >= 15 is 0 Å². The van der Waals surface area contributed by atoms with Crippen molar-refractivity contribution in [3.8, 4) is 0 Å².